The summed E-state index contributed by atoms with van der Waals surface area (Å²) in [6, 6.07) is 11.8. The molecule has 0 saturated heterocycles. The average Bonchev–Trinajstić information content (AvgIpc) is 3.38. The molecule has 0 aromatic carbocycles. The SMILES string of the molecule is Cc1cc(C)n(Cc2cc(-c3ccc[n+](CC(=O)c4cccs4)c3)n[nH]2)n1. The predicted octanol–water partition coefficient (Wildman–Crippen LogP) is 3.17. The Morgan fingerprint density at radius 3 is 2.89 bits per heavy atom. The number of hydrogen-bond acceptors (Lipinski definition) is 4. The van der Waals surface area contributed by atoms with E-state index in [9.17, 15) is 4.79 Å². The smallest absolute Gasteiger partial charge is 0.237 e. The fourth-order valence-corrected chi connectivity index (χ4v) is 3.70. The number of thiophene rings is 1. The lowest BCUT2D eigenvalue weighted by Crippen LogP contribution is -2.37. The Hall–Kier alpha value is -3.06. The lowest BCUT2D eigenvalue weighted by atomic mass is 10.2. The van der Waals surface area contributed by atoms with Crippen LogP contribution in [-0.4, -0.2) is 25.8 Å². The number of aryl methyl sites for hydroxylation is 2. The molecule has 136 valence electrons. The van der Waals surface area contributed by atoms with Crippen LogP contribution in [0.1, 0.15) is 26.8 Å². The van der Waals surface area contributed by atoms with E-state index < -0.39 is 0 Å². The maximum Gasteiger partial charge on any atom is 0.237 e. The van der Waals surface area contributed by atoms with Crippen LogP contribution in [0.25, 0.3) is 11.3 Å². The third-order valence-electron chi connectivity index (χ3n) is 4.33. The van der Waals surface area contributed by atoms with Crippen LogP contribution in [0.4, 0.5) is 0 Å². The van der Waals surface area contributed by atoms with Crippen molar-refractivity contribution >= 4 is 17.1 Å². The summed E-state index contributed by atoms with van der Waals surface area (Å²) in [6.45, 7) is 5.00. The van der Waals surface area contributed by atoms with E-state index in [0.717, 1.165) is 33.2 Å². The van der Waals surface area contributed by atoms with Gasteiger partial charge in [-0.15, -0.1) is 11.3 Å². The van der Waals surface area contributed by atoms with Gasteiger partial charge in [-0.3, -0.25) is 14.6 Å². The van der Waals surface area contributed by atoms with Crippen molar-refractivity contribution in [1.82, 2.24) is 20.0 Å². The third kappa shape index (κ3) is 3.88. The topological polar surface area (TPSA) is 67.4 Å². The van der Waals surface area contributed by atoms with Crippen LogP contribution < -0.4 is 4.57 Å². The maximum atomic E-state index is 12.3. The van der Waals surface area contributed by atoms with Crippen LogP contribution in [0.15, 0.2) is 54.2 Å². The van der Waals surface area contributed by atoms with Crippen LogP contribution in [0.3, 0.4) is 0 Å². The van der Waals surface area contributed by atoms with Crippen LogP contribution >= 0.6 is 11.3 Å². The molecule has 0 amide bonds. The molecule has 1 N–H and O–H groups in total. The van der Waals surface area contributed by atoms with Crippen molar-refractivity contribution in [3.63, 3.8) is 0 Å². The maximum absolute atomic E-state index is 12.3. The largest absolute Gasteiger partial charge is 0.286 e. The number of aromatic nitrogens is 5. The quantitative estimate of drug-likeness (QED) is 0.414. The van der Waals surface area contributed by atoms with E-state index in [-0.39, 0.29) is 5.78 Å². The van der Waals surface area contributed by atoms with E-state index in [1.54, 1.807) is 0 Å². The first-order valence-corrected chi connectivity index (χ1v) is 9.58. The summed E-state index contributed by atoms with van der Waals surface area (Å²) in [7, 11) is 0. The minimum atomic E-state index is 0.111. The van der Waals surface area contributed by atoms with Gasteiger partial charge in [0.15, 0.2) is 12.4 Å². The van der Waals surface area contributed by atoms with Crippen molar-refractivity contribution in [2.45, 2.75) is 26.9 Å². The molecule has 0 unspecified atom stereocenters. The Morgan fingerprint density at radius 2 is 2.15 bits per heavy atom. The minimum Gasteiger partial charge on any atom is -0.286 e. The summed E-state index contributed by atoms with van der Waals surface area (Å²) in [5, 5.41) is 13.9. The number of Topliss-reactive ketones (excluding diaryl/α,β-unsaturated/α-hetero) is 1. The molecule has 4 rings (SSSR count). The van der Waals surface area contributed by atoms with Gasteiger partial charge >= 0.3 is 0 Å². The predicted molar refractivity (Wildman–Crippen MR) is 104 cm³/mol. The van der Waals surface area contributed by atoms with Crippen molar-refractivity contribution in [1.29, 1.82) is 0 Å². The molecule has 27 heavy (non-hydrogen) atoms. The summed E-state index contributed by atoms with van der Waals surface area (Å²) < 4.78 is 3.85. The highest BCUT2D eigenvalue weighted by Gasteiger charge is 2.15. The van der Waals surface area contributed by atoms with Gasteiger partial charge in [0.1, 0.15) is 0 Å². The highest BCUT2D eigenvalue weighted by Crippen LogP contribution is 2.17. The van der Waals surface area contributed by atoms with Crippen LogP contribution in [0.2, 0.25) is 0 Å². The molecule has 0 aliphatic heterocycles. The molecule has 0 bridgehead atoms. The van der Waals surface area contributed by atoms with Gasteiger partial charge in [-0.25, -0.2) is 0 Å². The van der Waals surface area contributed by atoms with Gasteiger partial charge in [0, 0.05) is 11.8 Å². The summed E-state index contributed by atoms with van der Waals surface area (Å²) in [5.41, 5.74) is 4.93. The first-order chi connectivity index (χ1) is 13.1. The number of nitrogens with zero attached hydrogens (tertiary/aromatic N) is 4. The molecule has 4 aromatic heterocycles. The van der Waals surface area contributed by atoms with Crippen molar-refractivity contribution in [3.8, 4) is 11.3 Å². The van der Waals surface area contributed by atoms with Crippen molar-refractivity contribution in [2.75, 3.05) is 0 Å². The van der Waals surface area contributed by atoms with Gasteiger partial charge in [0.25, 0.3) is 0 Å². The normalized spacial score (nSPS) is 11.0. The average molecular weight is 378 g/mol. The van der Waals surface area contributed by atoms with Crippen molar-refractivity contribution in [3.05, 3.63) is 76.1 Å². The van der Waals surface area contributed by atoms with Crippen LogP contribution in [0.5, 0.6) is 0 Å². The lowest BCUT2D eigenvalue weighted by molar-refractivity contribution is -0.682. The van der Waals surface area contributed by atoms with Gasteiger partial charge in [0.2, 0.25) is 12.3 Å². The van der Waals surface area contributed by atoms with Gasteiger partial charge in [-0.1, -0.05) is 6.07 Å². The van der Waals surface area contributed by atoms with Crippen LogP contribution in [-0.2, 0) is 13.1 Å². The molecule has 0 radical (unpaired) electrons. The molecular formula is C20H20N5OS+. The first kappa shape index (κ1) is 17.4. The zero-order chi connectivity index (χ0) is 18.8. The molecule has 7 heteroatoms. The number of pyridine rings is 1. The van der Waals surface area contributed by atoms with Crippen molar-refractivity contribution in [2.24, 2.45) is 0 Å². The molecule has 6 nitrogen and oxygen atoms in total. The van der Waals surface area contributed by atoms with Crippen molar-refractivity contribution < 1.29 is 9.36 Å². The Morgan fingerprint density at radius 1 is 1.26 bits per heavy atom. The molecule has 4 aromatic rings. The molecular weight excluding hydrogens is 358 g/mol. The third-order valence-corrected chi connectivity index (χ3v) is 5.24. The summed E-state index contributed by atoms with van der Waals surface area (Å²) in [5.74, 6) is 0.111. The fourth-order valence-electron chi connectivity index (χ4n) is 3.04. The van der Waals surface area contributed by atoms with E-state index in [0.29, 0.717) is 13.1 Å². The number of hydrogen-bond donors (Lipinski definition) is 1. The Labute approximate surface area is 161 Å². The molecule has 0 saturated carbocycles. The van der Waals surface area contributed by atoms with E-state index in [4.69, 9.17) is 0 Å². The standard InChI is InChI=1S/C20H20N5OS/c1-14-9-15(2)25(23-14)12-17-10-18(22-21-17)16-5-3-7-24(11-16)13-19(26)20-6-4-8-27-20/h3-11H,12-13H2,1-2H3,(H,21,22)/q+1. The molecule has 0 aliphatic rings. The summed E-state index contributed by atoms with van der Waals surface area (Å²) in [6.07, 6.45) is 3.85. The highest BCUT2D eigenvalue weighted by molar-refractivity contribution is 7.12. The number of carbonyl (C=O) groups is 1. The van der Waals surface area contributed by atoms with Gasteiger partial charge in [0.05, 0.1) is 34.1 Å². The molecule has 4 heterocycles. The Bertz CT molecular complexity index is 1080. The summed E-state index contributed by atoms with van der Waals surface area (Å²) >= 11 is 1.47. The second kappa shape index (κ2) is 7.28. The number of ketones is 1. The second-order valence-electron chi connectivity index (χ2n) is 6.53. The molecule has 0 spiro atoms. The van der Waals surface area contributed by atoms with Gasteiger partial charge in [-0.05, 0) is 43.5 Å². The minimum absolute atomic E-state index is 0.111. The highest BCUT2D eigenvalue weighted by atomic mass is 32.1. The second-order valence-corrected chi connectivity index (χ2v) is 7.48. The van der Waals surface area contributed by atoms with E-state index in [2.05, 4.69) is 21.4 Å². The van der Waals surface area contributed by atoms with Gasteiger partial charge < -0.3 is 0 Å². The fraction of sp³-hybridized carbons (Fsp3) is 0.200. The number of nitrogens with one attached hydrogen (secondary N) is 1. The number of carbonyl (C=O) groups excluding carboxylic acids is 1. The number of H-pyrrole nitrogens is 1. The van der Waals surface area contributed by atoms with E-state index >= 15 is 0 Å². The molecule has 0 fully saturated rings. The van der Waals surface area contributed by atoms with E-state index in [1.165, 1.54) is 11.3 Å². The lowest BCUT2D eigenvalue weighted by Gasteiger charge is -2.01. The Balaban J connectivity index is 1.51. The van der Waals surface area contributed by atoms with Crippen LogP contribution in [0, 0.1) is 13.8 Å². The van der Waals surface area contributed by atoms with Gasteiger partial charge in [-0.2, -0.15) is 14.8 Å². The molecule has 0 aliphatic carbocycles. The van der Waals surface area contributed by atoms with E-state index in [1.807, 2.05) is 71.2 Å². The first-order valence-electron chi connectivity index (χ1n) is 8.70. The number of rotatable bonds is 6. The zero-order valence-electron chi connectivity index (χ0n) is 15.2. The Kier molecular flexibility index (Phi) is 4.68. The monoisotopic (exact) mass is 378 g/mol. The zero-order valence-corrected chi connectivity index (χ0v) is 16.0. The summed E-state index contributed by atoms with van der Waals surface area (Å²) in [4.78, 5) is 13.1. The molecule has 0 atom stereocenters. The number of aromatic amines is 1.